The summed E-state index contributed by atoms with van der Waals surface area (Å²) in [7, 11) is 3.05. The van der Waals surface area contributed by atoms with Crippen LogP contribution < -0.4 is 14.8 Å². The van der Waals surface area contributed by atoms with Gasteiger partial charge in [-0.1, -0.05) is 0 Å². The van der Waals surface area contributed by atoms with Crippen LogP contribution in [0.3, 0.4) is 0 Å². The maximum absolute atomic E-state index is 12.5. The first-order chi connectivity index (χ1) is 13.8. The molecule has 2 unspecified atom stereocenters. The van der Waals surface area contributed by atoms with Crippen molar-refractivity contribution in [2.24, 2.45) is 17.3 Å². The van der Waals surface area contributed by atoms with Crippen LogP contribution in [0.5, 0.6) is 11.5 Å². The molecule has 0 saturated heterocycles. The van der Waals surface area contributed by atoms with E-state index in [1.54, 1.807) is 25.3 Å². The molecule has 158 valence electrons. The van der Waals surface area contributed by atoms with Gasteiger partial charge in [0.25, 0.3) is 5.91 Å². The Morgan fingerprint density at radius 1 is 1.14 bits per heavy atom. The number of rotatable bonds is 7. The molecule has 1 aromatic carbocycles. The Balaban J connectivity index is 1.31. The van der Waals surface area contributed by atoms with E-state index in [0.717, 1.165) is 25.7 Å². The van der Waals surface area contributed by atoms with Crippen LogP contribution >= 0.6 is 0 Å². The Morgan fingerprint density at radius 2 is 1.86 bits per heavy atom. The molecule has 1 amide bonds. The number of benzene rings is 1. The number of hydrogen-bond donors (Lipinski definition) is 2. The van der Waals surface area contributed by atoms with Crippen LogP contribution in [0.2, 0.25) is 0 Å². The second kappa shape index (κ2) is 7.52. The summed E-state index contributed by atoms with van der Waals surface area (Å²) < 4.78 is 15.7. The first-order valence-corrected chi connectivity index (χ1v) is 10.2. The summed E-state index contributed by atoms with van der Waals surface area (Å²) >= 11 is 0. The van der Waals surface area contributed by atoms with E-state index in [2.05, 4.69) is 5.32 Å². The fourth-order valence-electron chi connectivity index (χ4n) is 6.20. The molecule has 7 nitrogen and oxygen atoms in total. The van der Waals surface area contributed by atoms with Gasteiger partial charge < -0.3 is 24.6 Å². The van der Waals surface area contributed by atoms with Gasteiger partial charge in [0.15, 0.2) is 6.61 Å². The molecule has 0 heterocycles. The standard InChI is InChI=1S/C22H29NO6/c1-27-16-3-4-17(18(6-16)28-2)23-19(24)12-29-20(25)11-21-7-14-5-15(8-21)10-22(26,9-14)13-21/h3-4,6,14-15,26H,5,7-13H2,1-2H3,(H,23,24)/t14-,15+,21?,22?. The fraction of sp³-hybridized carbons (Fsp3) is 0.636. The predicted octanol–water partition coefficient (Wildman–Crippen LogP) is 2.91. The van der Waals surface area contributed by atoms with E-state index in [1.807, 2.05) is 0 Å². The van der Waals surface area contributed by atoms with E-state index in [-0.39, 0.29) is 24.4 Å². The molecule has 4 aliphatic carbocycles. The number of anilines is 1. The van der Waals surface area contributed by atoms with Gasteiger partial charge in [0.1, 0.15) is 11.5 Å². The summed E-state index contributed by atoms with van der Waals surface area (Å²) in [5.41, 5.74) is -0.282. The Bertz CT molecular complexity index is 792. The third kappa shape index (κ3) is 4.20. The number of methoxy groups -OCH3 is 2. The first kappa shape index (κ1) is 20.0. The highest BCUT2D eigenvalue weighted by Gasteiger charge is 2.57. The van der Waals surface area contributed by atoms with Crippen molar-refractivity contribution in [3.63, 3.8) is 0 Å². The van der Waals surface area contributed by atoms with Gasteiger partial charge >= 0.3 is 5.97 Å². The van der Waals surface area contributed by atoms with Crippen molar-refractivity contribution in [1.29, 1.82) is 0 Å². The second-order valence-corrected chi connectivity index (χ2v) is 9.14. The van der Waals surface area contributed by atoms with Crippen molar-refractivity contribution < 1.29 is 28.9 Å². The third-order valence-corrected chi connectivity index (χ3v) is 6.72. The molecule has 5 rings (SSSR count). The van der Waals surface area contributed by atoms with Gasteiger partial charge in [-0.15, -0.1) is 0 Å². The molecule has 0 aliphatic heterocycles. The van der Waals surface area contributed by atoms with E-state index in [9.17, 15) is 14.7 Å². The zero-order valence-electron chi connectivity index (χ0n) is 17.0. The molecular formula is C22H29NO6. The topological polar surface area (TPSA) is 94.1 Å². The number of carbonyl (C=O) groups excluding carboxylic acids is 2. The van der Waals surface area contributed by atoms with Gasteiger partial charge in [0.05, 0.1) is 31.9 Å². The highest BCUT2D eigenvalue weighted by molar-refractivity contribution is 5.94. The molecule has 4 bridgehead atoms. The van der Waals surface area contributed by atoms with Gasteiger partial charge in [-0.2, -0.15) is 0 Å². The Kier molecular flexibility index (Phi) is 5.19. The smallest absolute Gasteiger partial charge is 0.306 e. The number of ether oxygens (including phenoxy) is 3. The van der Waals surface area contributed by atoms with Gasteiger partial charge in [-0.25, -0.2) is 0 Å². The summed E-state index contributed by atoms with van der Waals surface area (Å²) in [5, 5.41) is 13.5. The second-order valence-electron chi connectivity index (χ2n) is 9.14. The predicted molar refractivity (Wildman–Crippen MR) is 106 cm³/mol. The molecule has 29 heavy (non-hydrogen) atoms. The lowest BCUT2D eigenvalue weighted by Gasteiger charge is -2.60. The van der Waals surface area contributed by atoms with E-state index in [0.29, 0.717) is 35.4 Å². The summed E-state index contributed by atoms with van der Waals surface area (Å²) in [6.07, 6.45) is 5.83. The van der Waals surface area contributed by atoms with Crippen molar-refractivity contribution in [3.8, 4) is 11.5 Å². The summed E-state index contributed by atoms with van der Waals surface area (Å²) in [4.78, 5) is 24.7. The normalized spacial score (nSPS) is 32.0. The quantitative estimate of drug-likeness (QED) is 0.680. The molecule has 0 spiro atoms. The number of hydrogen-bond acceptors (Lipinski definition) is 6. The molecule has 0 radical (unpaired) electrons. The molecule has 4 atom stereocenters. The van der Waals surface area contributed by atoms with E-state index < -0.39 is 11.5 Å². The van der Waals surface area contributed by atoms with E-state index in [1.165, 1.54) is 13.5 Å². The Morgan fingerprint density at radius 3 is 2.48 bits per heavy atom. The monoisotopic (exact) mass is 403 g/mol. The highest BCUT2D eigenvalue weighted by Crippen LogP contribution is 2.62. The van der Waals surface area contributed by atoms with Crippen molar-refractivity contribution in [3.05, 3.63) is 18.2 Å². The number of esters is 1. The minimum atomic E-state index is -0.605. The molecular weight excluding hydrogens is 374 g/mol. The van der Waals surface area contributed by atoms with Gasteiger partial charge in [-0.3, -0.25) is 9.59 Å². The van der Waals surface area contributed by atoms with Crippen LogP contribution in [-0.4, -0.2) is 43.4 Å². The Labute approximate surface area is 170 Å². The maximum atomic E-state index is 12.5. The van der Waals surface area contributed by atoms with Crippen LogP contribution in [0, 0.1) is 17.3 Å². The molecule has 1 aromatic rings. The zero-order valence-corrected chi connectivity index (χ0v) is 17.0. The van der Waals surface area contributed by atoms with Gasteiger partial charge in [0, 0.05) is 6.07 Å². The molecule has 0 aromatic heterocycles. The first-order valence-electron chi connectivity index (χ1n) is 10.2. The molecule has 7 heteroatoms. The largest absolute Gasteiger partial charge is 0.497 e. The average molecular weight is 403 g/mol. The molecule has 2 N–H and O–H groups in total. The van der Waals surface area contributed by atoms with Crippen LogP contribution in [0.1, 0.15) is 44.9 Å². The summed E-state index contributed by atoms with van der Waals surface area (Å²) in [5.74, 6) is 1.31. The molecule has 4 aliphatic rings. The Hall–Kier alpha value is -2.28. The van der Waals surface area contributed by atoms with Crippen LogP contribution in [-0.2, 0) is 14.3 Å². The minimum Gasteiger partial charge on any atom is -0.497 e. The molecule has 4 saturated carbocycles. The number of aliphatic hydroxyl groups is 1. The minimum absolute atomic E-state index is 0.161. The highest BCUT2D eigenvalue weighted by atomic mass is 16.5. The van der Waals surface area contributed by atoms with Crippen molar-refractivity contribution in [2.75, 3.05) is 26.1 Å². The van der Waals surface area contributed by atoms with Crippen molar-refractivity contribution >= 4 is 17.6 Å². The van der Waals surface area contributed by atoms with Gasteiger partial charge in [0.2, 0.25) is 0 Å². The van der Waals surface area contributed by atoms with Crippen LogP contribution in [0.4, 0.5) is 5.69 Å². The van der Waals surface area contributed by atoms with Crippen molar-refractivity contribution in [1.82, 2.24) is 0 Å². The number of amides is 1. The lowest BCUT2D eigenvalue weighted by atomic mass is 9.47. The van der Waals surface area contributed by atoms with Crippen LogP contribution in [0.25, 0.3) is 0 Å². The maximum Gasteiger partial charge on any atom is 0.306 e. The zero-order chi connectivity index (χ0) is 20.6. The van der Waals surface area contributed by atoms with Crippen LogP contribution in [0.15, 0.2) is 18.2 Å². The number of nitrogens with one attached hydrogen (secondary N) is 1. The van der Waals surface area contributed by atoms with E-state index in [4.69, 9.17) is 14.2 Å². The summed E-state index contributed by atoms with van der Waals surface area (Å²) in [6, 6.07) is 5.05. The third-order valence-electron chi connectivity index (χ3n) is 6.72. The fourth-order valence-corrected chi connectivity index (χ4v) is 6.20. The number of carbonyl (C=O) groups is 2. The lowest BCUT2D eigenvalue weighted by molar-refractivity contribution is -0.177. The SMILES string of the molecule is COc1ccc(NC(=O)COC(=O)CC23C[C@@H]4C[C@@H](CC(O)(C4)C2)C3)c(OC)c1. The molecule has 4 fully saturated rings. The summed E-state index contributed by atoms with van der Waals surface area (Å²) in [6.45, 7) is -0.346. The van der Waals surface area contributed by atoms with Crippen molar-refractivity contribution in [2.45, 2.75) is 50.5 Å². The average Bonchev–Trinajstić information content (AvgIpc) is 2.64. The lowest BCUT2D eigenvalue weighted by Crippen LogP contribution is -2.56. The van der Waals surface area contributed by atoms with Gasteiger partial charge in [-0.05, 0) is 67.9 Å². The van der Waals surface area contributed by atoms with E-state index >= 15 is 0 Å².